The number of allylic oxidation sites excluding steroid dienone is 1. The van der Waals surface area contributed by atoms with E-state index in [9.17, 15) is 0 Å². The van der Waals surface area contributed by atoms with Crippen molar-refractivity contribution in [2.75, 3.05) is 6.61 Å². The van der Waals surface area contributed by atoms with Crippen LogP contribution in [0, 0.1) is 0 Å². The molecule has 4 heteroatoms. The van der Waals surface area contributed by atoms with Gasteiger partial charge in [0.15, 0.2) is 0 Å². The Kier molecular flexibility index (Phi) is 9.29. The molecule has 118 valence electrons. The number of unbranched alkanes of at least 4 members (excludes halogenated alkanes) is 3. The van der Waals surface area contributed by atoms with Crippen molar-refractivity contribution in [3.05, 3.63) is 39.3 Å². The smallest absolute Gasteiger partial charge is 0.147 e. The van der Waals surface area contributed by atoms with Crippen LogP contribution in [0.3, 0.4) is 0 Å². The van der Waals surface area contributed by atoms with Crippen molar-refractivity contribution in [3.8, 4) is 5.75 Å². The van der Waals surface area contributed by atoms with E-state index in [4.69, 9.17) is 4.74 Å². The van der Waals surface area contributed by atoms with Crippen LogP contribution in [-0.4, -0.2) is 12.6 Å². The fraction of sp³-hybridized carbons (Fsp3) is 0.529. The van der Waals surface area contributed by atoms with E-state index in [1.165, 1.54) is 18.4 Å². The van der Waals surface area contributed by atoms with Gasteiger partial charge in [0.05, 0.1) is 15.6 Å². The number of rotatable bonds is 10. The lowest BCUT2D eigenvalue weighted by Gasteiger charge is -2.13. The summed E-state index contributed by atoms with van der Waals surface area (Å²) in [7, 11) is 0. The number of halogens is 2. The predicted molar refractivity (Wildman–Crippen MR) is 98.0 cm³/mol. The van der Waals surface area contributed by atoms with Gasteiger partial charge in [-0.05, 0) is 75.2 Å². The molecule has 0 aliphatic carbocycles. The van der Waals surface area contributed by atoms with Gasteiger partial charge >= 0.3 is 0 Å². The van der Waals surface area contributed by atoms with Crippen LogP contribution in [0.25, 0.3) is 0 Å². The summed E-state index contributed by atoms with van der Waals surface area (Å²) in [6, 6.07) is 4.72. The molecule has 0 saturated carbocycles. The Labute approximate surface area is 145 Å². The van der Waals surface area contributed by atoms with Gasteiger partial charge in [-0.1, -0.05) is 19.9 Å². The number of nitrogens with one attached hydrogen (secondary N) is 1. The highest BCUT2D eigenvalue weighted by atomic mass is 79.9. The molecule has 1 N–H and O–H groups in total. The number of hydrogen-bond donors (Lipinski definition) is 1. The first kappa shape index (κ1) is 18.7. The van der Waals surface area contributed by atoms with Crippen LogP contribution in [0.5, 0.6) is 5.75 Å². The minimum absolute atomic E-state index is 0.481. The molecule has 0 aliphatic rings. The maximum atomic E-state index is 5.89. The van der Waals surface area contributed by atoms with Crippen molar-refractivity contribution in [2.45, 2.75) is 52.1 Å². The maximum absolute atomic E-state index is 5.89. The highest BCUT2D eigenvalue weighted by molar-refractivity contribution is 9.11. The third-order valence-electron chi connectivity index (χ3n) is 3.07. The van der Waals surface area contributed by atoms with E-state index in [0.29, 0.717) is 6.04 Å². The maximum Gasteiger partial charge on any atom is 0.147 e. The van der Waals surface area contributed by atoms with Gasteiger partial charge in [0.2, 0.25) is 0 Å². The van der Waals surface area contributed by atoms with Crippen molar-refractivity contribution in [3.63, 3.8) is 0 Å². The number of hydrogen-bond acceptors (Lipinski definition) is 2. The molecule has 1 aromatic rings. The molecule has 2 nitrogen and oxygen atoms in total. The highest BCUT2D eigenvalue weighted by Crippen LogP contribution is 2.35. The lowest BCUT2D eigenvalue weighted by atomic mass is 10.2. The second kappa shape index (κ2) is 10.4. The van der Waals surface area contributed by atoms with Crippen LogP contribution >= 0.6 is 31.9 Å². The van der Waals surface area contributed by atoms with E-state index in [-0.39, 0.29) is 0 Å². The molecule has 0 bridgehead atoms. The Hall–Kier alpha value is -0.320. The summed E-state index contributed by atoms with van der Waals surface area (Å²) in [4.78, 5) is 0. The molecular weight excluding hydrogens is 394 g/mol. The average molecular weight is 419 g/mol. The van der Waals surface area contributed by atoms with Gasteiger partial charge in [-0.15, -0.1) is 6.58 Å². The van der Waals surface area contributed by atoms with Crippen molar-refractivity contribution >= 4 is 31.9 Å². The SMILES string of the molecule is C=CCCCCCOc1c(Br)cc(CNC(C)C)cc1Br. The van der Waals surface area contributed by atoms with Crippen molar-refractivity contribution < 1.29 is 4.74 Å². The van der Waals surface area contributed by atoms with E-state index < -0.39 is 0 Å². The topological polar surface area (TPSA) is 21.3 Å². The molecule has 0 aliphatic heterocycles. The minimum atomic E-state index is 0.481. The minimum Gasteiger partial charge on any atom is -0.491 e. The van der Waals surface area contributed by atoms with Crippen LogP contribution in [0.4, 0.5) is 0 Å². The standard InChI is InChI=1S/C17H25Br2NO/c1-4-5-6-7-8-9-21-17-15(18)10-14(11-16(17)19)12-20-13(2)3/h4,10-11,13,20H,1,5-9,12H2,2-3H3. The summed E-state index contributed by atoms with van der Waals surface area (Å²) in [5, 5.41) is 3.42. The lowest BCUT2D eigenvalue weighted by molar-refractivity contribution is 0.302. The molecule has 0 unspecified atom stereocenters. The summed E-state index contributed by atoms with van der Waals surface area (Å²) >= 11 is 7.21. The van der Waals surface area contributed by atoms with Crippen LogP contribution in [0.15, 0.2) is 33.7 Å². The first-order valence-corrected chi connectivity index (χ1v) is 9.08. The third kappa shape index (κ3) is 7.48. The van der Waals surface area contributed by atoms with Gasteiger partial charge in [-0.25, -0.2) is 0 Å². The van der Waals surface area contributed by atoms with Gasteiger partial charge in [0.1, 0.15) is 5.75 Å². The summed E-state index contributed by atoms with van der Waals surface area (Å²) in [5.41, 5.74) is 1.24. The van der Waals surface area contributed by atoms with Crippen LogP contribution in [0.1, 0.15) is 45.1 Å². The number of benzene rings is 1. The molecule has 1 aromatic carbocycles. The van der Waals surface area contributed by atoms with Crippen LogP contribution < -0.4 is 10.1 Å². The van der Waals surface area contributed by atoms with Gasteiger partial charge in [-0.2, -0.15) is 0 Å². The third-order valence-corrected chi connectivity index (χ3v) is 4.25. The summed E-state index contributed by atoms with van der Waals surface area (Å²) in [6.45, 7) is 9.63. The number of ether oxygens (including phenoxy) is 1. The Balaban J connectivity index is 2.49. The van der Waals surface area contributed by atoms with Crippen molar-refractivity contribution in [2.24, 2.45) is 0 Å². The zero-order valence-electron chi connectivity index (χ0n) is 12.9. The molecule has 0 spiro atoms. The molecule has 0 fully saturated rings. The lowest BCUT2D eigenvalue weighted by Crippen LogP contribution is -2.21. The van der Waals surface area contributed by atoms with Crippen LogP contribution in [0.2, 0.25) is 0 Å². The van der Waals surface area contributed by atoms with E-state index >= 15 is 0 Å². The summed E-state index contributed by atoms with van der Waals surface area (Å²) in [5.74, 6) is 0.895. The molecule has 0 atom stereocenters. The molecule has 21 heavy (non-hydrogen) atoms. The second-order valence-corrected chi connectivity index (χ2v) is 7.12. The Bertz CT molecular complexity index is 423. The average Bonchev–Trinajstić information content (AvgIpc) is 2.42. The van der Waals surface area contributed by atoms with Crippen LogP contribution in [-0.2, 0) is 6.54 Å². The van der Waals surface area contributed by atoms with Crippen molar-refractivity contribution in [1.29, 1.82) is 0 Å². The molecule has 0 heterocycles. The predicted octanol–water partition coefficient (Wildman–Crippen LogP) is 5.83. The van der Waals surface area contributed by atoms with Gasteiger partial charge < -0.3 is 10.1 Å². The Morgan fingerprint density at radius 2 is 1.86 bits per heavy atom. The Morgan fingerprint density at radius 1 is 1.19 bits per heavy atom. The Morgan fingerprint density at radius 3 is 2.43 bits per heavy atom. The quantitative estimate of drug-likeness (QED) is 0.381. The first-order chi connectivity index (χ1) is 10.0. The fourth-order valence-electron chi connectivity index (χ4n) is 1.92. The van der Waals surface area contributed by atoms with E-state index in [2.05, 4.69) is 69.7 Å². The van der Waals surface area contributed by atoms with Crippen molar-refractivity contribution in [1.82, 2.24) is 5.32 Å². The van der Waals surface area contributed by atoms with E-state index in [1.807, 2.05) is 6.08 Å². The normalized spacial score (nSPS) is 10.9. The molecule has 0 saturated heterocycles. The van der Waals surface area contributed by atoms with E-state index in [0.717, 1.165) is 40.7 Å². The monoisotopic (exact) mass is 417 g/mol. The molecular formula is C17H25Br2NO. The fourth-order valence-corrected chi connectivity index (χ4v) is 3.43. The molecule has 0 radical (unpaired) electrons. The van der Waals surface area contributed by atoms with Gasteiger partial charge in [-0.3, -0.25) is 0 Å². The summed E-state index contributed by atoms with van der Waals surface area (Å²) in [6.07, 6.45) is 6.50. The molecule has 0 amide bonds. The first-order valence-electron chi connectivity index (χ1n) is 7.49. The van der Waals surface area contributed by atoms with E-state index in [1.54, 1.807) is 0 Å². The zero-order chi connectivity index (χ0) is 15.7. The molecule has 1 rings (SSSR count). The second-order valence-electron chi connectivity index (χ2n) is 5.41. The highest BCUT2D eigenvalue weighted by Gasteiger charge is 2.09. The largest absolute Gasteiger partial charge is 0.491 e. The molecule has 0 aromatic heterocycles. The summed E-state index contributed by atoms with van der Waals surface area (Å²) < 4.78 is 7.89. The van der Waals surface area contributed by atoms with Gasteiger partial charge in [0, 0.05) is 12.6 Å². The van der Waals surface area contributed by atoms with Gasteiger partial charge in [0.25, 0.3) is 0 Å². The zero-order valence-corrected chi connectivity index (χ0v) is 16.1.